The number of rotatable bonds is 6. The fourth-order valence-corrected chi connectivity index (χ4v) is 6.26. The van der Waals surface area contributed by atoms with Gasteiger partial charge >= 0.3 is 8.60 Å². The number of nitrogens with zero attached hydrogens (tertiary/aromatic N) is 1. The first-order valence-corrected chi connectivity index (χ1v) is 11.5. The van der Waals surface area contributed by atoms with Crippen molar-refractivity contribution in [3.63, 3.8) is 0 Å². The lowest BCUT2D eigenvalue weighted by molar-refractivity contribution is -0.949. The average molecular weight is 415 g/mol. The summed E-state index contributed by atoms with van der Waals surface area (Å²) in [5, 5.41) is 1.08. The lowest BCUT2D eigenvalue weighted by Crippen LogP contribution is -3.20. The number of methoxy groups -OCH3 is 1. The quantitative estimate of drug-likeness (QED) is 0.581. The van der Waals surface area contributed by atoms with E-state index in [0.717, 1.165) is 35.2 Å². The second kappa shape index (κ2) is 8.29. The number of piperidine rings is 3. The monoisotopic (exact) mass is 415 g/mol. The first-order chi connectivity index (χ1) is 14.3. The van der Waals surface area contributed by atoms with Crippen LogP contribution in [0.5, 0.6) is 5.75 Å². The second-order valence-corrected chi connectivity index (χ2v) is 9.28. The fourth-order valence-electron chi connectivity index (χ4n) is 5.18. The molecule has 0 saturated carbocycles. The summed E-state index contributed by atoms with van der Waals surface area (Å²) in [6, 6.07) is 8.49. The molecule has 7 heteroatoms. The number of benzene rings is 1. The van der Waals surface area contributed by atoms with Crippen molar-refractivity contribution in [2.45, 2.75) is 25.0 Å². The van der Waals surface area contributed by atoms with Gasteiger partial charge in [-0.2, -0.15) is 0 Å². The molecular formula is C22H28N2O4P+. The van der Waals surface area contributed by atoms with Gasteiger partial charge in [0.2, 0.25) is 0 Å². The molecule has 1 unspecified atom stereocenters. The van der Waals surface area contributed by atoms with Gasteiger partial charge in [-0.25, -0.2) is 0 Å². The van der Waals surface area contributed by atoms with Crippen molar-refractivity contribution in [1.82, 2.24) is 4.98 Å². The summed E-state index contributed by atoms with van der Waals surface area (Å²) >= 11 is 0. The molecule has 29 heavy (non-hydrogen) atoms. The number of hydrogen-bond acceptors (Lipinski definition) is 5. The van der Waals surface area contributed by atoms with E-state index in [4.69, 9.17) is 18.3 Å². The highest BCUT2D eigenvalue weighted by Gasteiger charge is 2.48. The van der Waals surface area contributed by atoms with Crippen LogP contribution in [0.4, 0.5) is 0 Å². The van der Waals surface area contributed by atoms with Gasteiger partial charge in [-0.15, -0.1) is 6.58 Å². The number of fused-ring (bicyclic) bond motifs is 4. The molecule has 1 aromatic carbocycles. The van der Waals surface area contributed by atoms with Gasteiger partial charge < -0.3 is 18.7 Å². The highest BCUT2D eigenvalue weighted by molar-refractivity contribution is 7.41. The molecule has 4 saturated heterocycles. The predicted octanol–water partition coefficient (Wildman–Crippen LogP) is 3.05. The van der Waals surface area contributed by atoms with Gasteiger partial charge in [0.1, 0.15) is 17.9 Å². The molecule has 0 aliphatic carbocycles. The lowest BCUT2D eigenvalue weighted by Gasteiger charge is -2.48. The van der Waals surface area contributed by atoms with Crippen LogP contribution in [-0.4, -0.2) is 44.4 Å². The standard InChI is InChI=1S/C22H27N2O4P/c1-3-15-14-24-9-7-16(15)12-21(24)22(28-29-26-10-11-27-29)18-6-8-23-20-5-4-17(25-2)13-19(18)20/h3-6,8,13,15-16,21-22H,1,7,9-12,14H2,2H3/p+1/t15-,16+,21+,22-/m0/s1. The van der Waals surface area contributed by atoms with Gasteiger partial charge in [0.15, 0.2) is 0 Å². The van der Waals surface area contributed by atoms with Crippen LogP contribution in [0.3, 0.4) is 0 Å². The van der Waals surface area contributed by atoms with E-state index in [0.29, 0.717) is 31.1 Å². The van der Waals surface area contributed by atoms with Crippen LogP contribution >= 0.6 is 8.60 Å². The third kappa shape index (κ3) is 3.69. The summed E-state index contributed by atoms with van der Waals surface area (Å²) in [7, 11) is 0.386. The third-order valence-electron chi connectivity index (χ3n) is 6.65. The molecule has 2 aromatic rings. The molecule has 5 heterocycles. The van der Waals surface area contributed by atoms with E-state index in [1.54, 1.807) is 12.0 Å². The molecule has 2 bridgehead atoms. The Morgan fingerprint density at radius 1 is 1.31 bits per heavy atom. The number of quaternary nitrogens is 1. The molecule has 154 valence electrons. The van der Waals surface area contributed by atoms with Crippen molar-refractivity contribution in [2.75, 3.05) is 33.4 Å². The van der Waals surface area contributed by atoms with Gasteiger partial charge in [-0.1, -0.05) is 6.08 Å². The Hall–Kier alpha value is -1.56. The minimum absolute atomic E-state index is 0.0969. The van der Waals surface area contributed by atoms with E-state index < -0.39 is 8.60 Å². The van der Waals surface area contributed by atoms with Crippen molar-refractivity contribution in [2.24, 2.45) is 11.8 Å². The molecular weight excluding hydrogens is 387 g/mol. The molecule has 0 radical (unpaired) electrons. The molecule has 0 spiro atoms. The summed E-state index contributed by atoms with van der Waals surface area (Å²) in [4.78, 5) is 6.16. The minimum Gasteiger partial charge on any atom is -0.497 e. The van der Waals surface area contributed by atoms with Crippen LogP contribution in [0.15, 0.2) is 43.1 Å². The highest BCUT2D eigenvalue weighted by atomic mass is 31.2. The van der Waals surface area contributed by atoms with Crippen LogP contribution in [0.2, 0.25) is 0 Å². The minimum atomic E-state index is -1.31. The lowest BCUT2D eigenvalue weighted by atomic mass is 9.73. The van der Waals surface area contributed by atoms with Gasteiger partial charge in [-0.3, -0.25) is 9.51 Å². The van der Waals surface area contributed by atoms with E-state index in [1.807, 2.05) is 18.3 Å². The van der Waals surface area contributed by atoms with E-state index in [9.17, 15) is 0 Å². The summed E-state index contributed by atoms with van der Waals surface area (Å²) in [6.45, 7) is 7.59. The van der Waals surface area contributed by atoms with Crippen LogP contribution in [-0.2, 0) is 13.6 Å². The molecule has 5 atom stereocenters. The number of pyridine rings is 1. The topological polar surface area (TPSA) is 54.2 Å². The molecule has 0 amide bonds. The van der Waals surface area contributed by atoms with E-state index in [1.165, 1.54) is 13.0 Å². The van der Waals surface area contributed by atoms with Crippen molar-refractivity contribution < 1.29 is 23.2 Å². The van der Waals surface area contributed by atoms with Crippen molar-refractivity contribution in [3.05, 3.63) is 48.7 Å². The smallest absolute Gasteiger partial charge is 0.333 e. The molecule has 6 nitrogen and oxygen atoms in total. The van der Waals surface area contributed by atoms with Crippen LogP contribution in [0.25, 0.3) is 10.9 Å². The summed E-state index contributed by atoms with van der Waals surface area (Å²) in [6.07, 6.45) is 6.33. The van der Waals surface area contributed by atoms with Crippen molar-refractivity contribution in [1.29, 1.82) is 0 Å². The van der Waals surface area contributed by atoms with Gasteiger partial charge in [-0.05, 0) is 35.7 Å². The third-order valence-corrected chi connectivity index (χ3v) is 7.84. The number of ether oxygens (including phenoxy) is 1. The zero-order valence-corrected chi connectivity index (χ0v) is 17.6. The molecule has 4 fully saturated rings. The normalized spacial score (nSPS) is 30.5. The summed E-state index contributed by atoms with van der Waals surface area (Å²) < 4.78 is 23.5. The van der Waals surface area contributed by atoms with E-state index in [-0.39, 0.29) is 6.10 Å². The SMILES string of the molecule is C=C[C@H]1C[NH+]2CC[C@@H]1C[C@@H]2[C@@H](OP1OCCO1)c1ccnc2ccc(OC)cc12. The predicted molar refractivity (Wildman–Crippen MR) is 112 cm³/mol. The number of nitrogens with one attached hydrogen (secondary N) is 1. The zero-order chi connectivity index (χ0) is 19.8. The summed E-state index contributed by atoms with van der Waals surface area (Å²) in [5.41, 5.74) is 2.10. The zero-order valence-electron chi connectivity index (χ0n) is 16.8. The Bertz CT molecular complexity index is 888. The van der Waals surface area contributed by atoms with E-state index in [2.05, 4.69) is 29.8 Å². The Labute approximate surface area is 172 Å². The van der Waals surface area contributed by atoms with Gasteiger partial charge in [0.05, 0.1) is 38.9 Å². The first kappa shape index (κ1) is 19.4. The first-order valence-electron chi connectivity index (χ1n) is 10.4. The molecule has 4 aliphatic heterocycles. The largest absolute Gasteiger partial charge is 0.497 e. The maximum atomic E-state index is 6.55. The van der Waals surface area contributed by atoms with Crippen LogP contribution < -0.4 is 9.64 Å². The average Bonchev–Trinajstić information content (AvgIpc) is 3.30. The Kier molecular flexibility index (Phi) is 5.55. The Balaban J connectivity index is 1.54. The Morgan fingerprint density at radius 3 is 2.90 bits per heavy atom. The highest BCUT2D eigenvalue weighted by Crippen LogP contribution is 2.50. The van der Waals surface area contributed by atoms with Gasteiger partial charge in [0, 0.05) is 30.3 Å². The van der Waals surface area contributed by atoms with Crippen LogP contribution in [0.1, 0.15) is 24.5 Å². The summed E-state index contributed by atoms with van der Waals surface area (Å²) in [5.74, 6) is 2.12. The van der Waals surface area contributed by atoms with Crippen molar-refractivity contribution >= 4 is 19.5 Å². The second-order valence-electron chi connectivity index (χ2n) is 8.10. The molecule has 4 aliphatic rings. The van der Waals surface area contributed by atoms with Crippen LogP contribution in [0, 0.1) is 11.8 Å². The Morgan fingerprint density at radius 2 is 2.17 bits per heavy atom. The maximum absolute atomic E-state index is 6.55. The maximum Gasteiger partial charge on any atom is 0.333 e. The number of hydrogen-bond donors (Lipinski definition) is 1. The van der Waals surface area contributed by atoms with Gasteiger partial charge in [0.25, 0.3) is 0 Å². The molecule has 6 rings (SSSR count). The number of aromatic nitrogens is 1. The van der Waals surface area contributed by atoms with Crippen molar-refractivity contribution in [3.8, 4) is 5.75 Å². The molecule has 1 N–H and O–H groups in total. The van der Waals surface area contributed by atoms with E-state index >= 15 is 0 Å². The fraction of sp³-hybridized carbons (Fsp3) is 0.500. The molecule has 1 aromatic heterocycles.